The van der Waals surface area contributed by atoms with E-state index in [1.807, 2.05) is 12.1 Å². The average Bonchev–Trinajstić information content (AvgIpc) is 2.75. The van der Waals surface area contributed by atoms with Crippen LogP contribution >= 0.6 is 7.26 Å². The number of rotatable bonds is 5. The normalized spacial score (nSPS) is 11.5. The van der Waals surface area contributed by atoms with E-state index in [1.54, 1.807) is 12.1 Å². The van der Waals surface area contributed by atoms with Crippen LogP contribution in [0.1, 0.15) is 22.3 Å². The molecule has 0 spiro atoms. The molecule has 0 saturated carbocycles. The molecule has 4 rings (SSSR count). The number of hydrogen-bond acceptors (Lipinski definition) is 0. The van der Waals surface area contributed by atoms with Gasteiger partial charge >= 0.3 is 0 Å². The molecule has 0 radical (unpaired) electrons. The highest BCUT2D eigenvalue weighted by atomic mass is 31.2. The zero-order valence-corrected chi connectivity index (χ0v) is 18.7. The summed E-state index contributed by atoms with van der Waals surface area (Å²) in [6.45, 7) is 6.38. The quantitative estimate of drug-likeness (QED) is 0.340. The fourth-order valence-electron chi connectivity index (χ4n) is 3.98. The summed E-state index contributed by atoms with van der Waals surface area (Å²) in [5.74, 6) is -0.191. The van der Waals surface area contributed by atoms with Crippen LogP contribution in [0.2, 0.25) is 0 Å². The fourth-order valence-corrected chi connectivity index (χ4v) is 8.16. The van der Waals surface area contributed by atoms with Crippen molar-refractivity contribution in [3.05, 3.63) is 125 Å². The number of hydrogen-bond donors (Lipinski definition) is 0. The number of aryl methyl sites for hydroxylation is 3. The minimum Gasteiger partial charge on any atom is -0.207 e. The van der Waals surface area contributed by atoms with Gasteiger partial charge in [0.05, 0.1) is 6.16 Å². The Morgan fingerprint density at radius 2 is 0.833 bits per heavy atom. The van der Waals surface area contributed by atoms with Crippen LogP contribution in [0, 0.1) is 26.6 Å². The lowest BCUT2D eigenvalue weighted by molar-refractivity contribution is 0.627. The second-order valence-corrected chi connectivity index (χ2v) is 11.6. The molecule has 4 aromatic carbocycles. The van der Waals surface area contributed by atoms with Crippen LogP contribution in [0.4, 0.5) is 4.39 Å². The molecule has 0 bridgehead atoms. The molecule has 0 nitrogen and oxygen atoms in total. The van der Waals surface area contributed by atoms with Crippen molar-refractivity contribution in [3.63, 3.8) is 0 Å². The van der Waals surface area contributed by atoms with Gasteiger partial charge in [0.1, 0.15) is 29.0 Å². The van der Waals surface area contributed by atoms with Gasteiger partial charge in [-0.15, -0.1) is 0 Å². The topological polar surface area (TPSA) is 0 Å². The molecule has 0 saturated heterocycles. The predicted molar refractivity (Wildman–Crippen MR) is 129 cm³/mol. The van der Waals surface area contributed by atoms with Crippen molar-refractivity contribution in [1.82, 2.24) is 0 Å². The average molecular weight is 412 g/mol. The van der Waals surface area contributed by atoms with Crippen molar-refractivity contribution in [2.24, 2.45) is 0 Å². The summed E-state index contributed by atoms with van der Waals surface area (Å²) < 4.78 is 13.6. The molecule has 0 aliphatic heterocycles. The van der Waals surface area contributed by atoms with E-state index in [0.29, 0.717) is 0 Å². The Kier molecular flexibility index (Phi) is 5.84. The molecule has 2 heteroatoms. The maximum absolute atomic E-state index is 13.6. The third kappa shape index (κ3) is 4.09. The van der Waals surface area contributed by atoms with Crippen LogP contribution in [0.5, 0.6) is 0 Å². The van der Waals surface area contributed by atoms with Crippen molar-refractivity contribution in [3.8, 4) is 0 Å². The molecular weight excluding hydrogens is 385 g/mol. The van der Waals surface area contributed by atoms with Crippen molar-refractivity contribution in [2.45, 2.75) is 26.9 Å². The van der Waals surface area contributed by atoms with Gasteiger partial charge in [-0.3, -0.25) is 0 Å². The Morgan fingerprint density at radius 3 is 1.17 bits per heavy atom. The van der Waals surface area contributed by atoms with Gasteiger partial charge < -0.3 is 0 Å². The monoisotopic (exact) mass is 412 g/mol. The van der Waals surface area contributed by atoms with E-state index in [9.17, 15) is 4.39 Å². The molecule has 0 aliphatic rings. The van der Waals surface area contributed by atoms with E-state index in [-0.39, 0.29) is 5.82 Å². The molecule has 0 heterocycles. The first-order valence-electron chi connectivity index (χ1n) is 10.3. The Balaban J connectivity index is 2.00. The van der Waals surface area contributed by atoms with Gasteiger partial charge in [-0.1, -0.05) is 65.2 Å². The third-order valence-electron chi connectivity index (χ3n) is 5.76. The van der Waals surface area contributed by atoms with Gasteiger partial charge in [0.25, 0.3) is 0 Å². The second kappa shape index (κ2) is 8.54. The molecule has 0 aliphatic carbocycles. The van der Waals surface area contributed by atoms with E-state index < -0.39 is 7.26 Å². The zero-order chi connectivity index (χ0) is 21.1. The minimum atomic E-state index is -1.97. The largest absolute Gasteiger partial charge is 0.207 e. The molecule has 30 heavy (non-hydrogen) atoms. The Labute approximate surface area is 179 Å². The molecule has 0 atom stereocenters. The first-order chi connectivity index (χ1) is 14.5. The van der Waals surface area contributed by atoms with Crippen LogP contribution in [0.3, 0.4) is 0 Å². The van der Waals surface area contributed by atoms with Crippen molar-refractivity contribution in [1.29, 1.82) is 0 Å². The first kappa shape index (κ1) is 20.5. The van der Waals surface area contributed by atoms with Crippen LogP contribution in [0.15, 0.2) is 97.1 Å². The van der Waals surface area contributed by atoms with Gasteiger partial charge in [-0.2, -0.15) is 0 Å². The molecule has 0 aromatic heterocycles. The van der Waals surface area contributed by atoms with Crippen LogP contribution in [-0.2, 0) is 6.16 Å². The minimum absolute atomic E-state index is 0.191. The number of benzene rings is 4. The molecule has 0 unspecified atom stereocenters. The summed E-state index contributed by atoms with van der Waals surface area (Å²) >= 11 is 0. The van der Waals surface area contributed by atoms with Crippen molar-refractivity contribution < 1.29 is 4.39 Å². The highest BCUT2D eigenvalue weighted by Gasteiger charge is 2.45. The summed E-state index contributed by atoms with van der Waals surface area (Å²) in [4.78, 5) is 0. The van der Waals surface area contributed by atoms with Gasteiger partial charge in [0, 0.05) is 0 Å². The molecule has 150 valence electrons. The van der Waals surface area contributed by atoms with Gasteiger partial charge in [0.2, 0.25) is 0 Å². The summed E-state index contributed by atoms with van der Waals surface area (Å²) in [6, 6.07) is 33.9. The summed E-state index contributed by atoms with van der Waals surface area (Å²) in [5, 5.41) is 4.06. The standard InChI is InChI=1S/C28H27FP/c1-21-4-14-26(15-5-21)30(27-16-6-22(2)7-17-27,28-18-8-23(3)9-19-28)20-24-10-12-25(29)13-11-24/h4-19H,20H2,1-3H3/q+1/i29-1. The third-order valence-corrected chi connectivity index (χ3v) is 10.1. The van der Waals surface area contributed by atoms with Crippen LogP contribution in [0.25, 0.3) is 0 Å². The summed E-state index contributed by atoms with van der Waals surface area (Å²) in [7, 11) is -1.97. The predicted octanol–water partition coefficient (Wildman–Crippen LogP) is 6.25. The SMILES string of the molecule is Cc1ccc([P+](Cc2ccc([18F])cc2)(c2ccc(C)cc2)c2ccc(C)cc2)cc1. The maximum atomic E-state index is 13.6. The van der Waals surface area contributed by atoms with E-state index in [0.717, 1.165) is 11.7 Å². The van der Waals surface area contributed by atoms with Gasteiger partial charge in [0.15, 0.2) is 0 Å². The van der Waals surface area contributed by atoms with Gasteiger partial charge in [-0.05, 0) is 74.9 Å². The first-order valence-corrected chi connectivity index (χ1v) is 12.3. The zero-order valence-electron chi connectivity index (χ0n) is 17.8. The van der Waals surface area contributed by atoms with E-state index in [1.165, 1.54) is 32.6 Å². The van der Waals surface area contributed by atoms with E-state index in [4.69, 9.17) is 0 Å². The molecule has 4 aromatic rings. The number of halogens is 1. The lowest BCUT2D eigenvalue weighted by atomic mass is 10.2. The fraction of sp³-hybridized carbons (Fsp3) is 0.143. The van der Waals surface area contributed by atoms with Gasteiger partial charge in [-0.25, -0.2) is 4.39 Å². The highest BCUT2D eigenvalue weighted by molar-refractivity contribution is 7.95. The Morgan fingerprint density at radius 1 is 0.500 bits per heavy atom. The summed E-state index contributed by atoms with van der Waals surface area (Å²) in [5.41, 5.74) is 4.93. The van der Waals surface area contributed by atoms with E-state index in [2.05, 4.69) is 93.6 Å². The second-order valence-electron chi connectivity index (χ2n) is 8.10. The lowest BCUT2D eigenvalue weighted by Gasteiger charge is -2.28. The van der Waals surface area contributed by atoms with Crippen LogP contribution < -0.4 is 15.9 Å². The molecule has 0 fully saturated rings. The Hall–Kier alpha value is -2.76. The highest BCUT2D eigenvalue weighted by Crippen LogP contribution is 2.58. The molecule has 0 N–H and O–H groups in total. The smallest absolute Gasteiger partial charge is 0.123 e. The van der Waals surface area contributed by atoms with Crippen molar-refractivity contribution in [2.75, 3.05) is 0 Å². The molecular formula is C28H27FP+. The van der Waals surface area contributed by atoms with Crippen molar-refractivity contribution >= 4 is 23.2 Å². The van der Waals surface area contributed by atoms with E-state index >= 15 is 0 Å². The van der Waals surface area contributed by atoms with Crippen LogP contribution in [-0.4, -0.2) is 0 Å². The molecule has 0 amide bonds. The lowest BCUT2D eigenvalue weighted by Crippen LogP contribution is -2.32. The maximum Gasteiger partial charge on any atom is 0.123 e. The Bertz CT molecular complexity index is 998. The summed E-state index contributed by atoms with van der Waals surface area (Å²) in [6.07, 6.45) is 0.864.